The molecule has 1 unspecified atom stereocenters. The van der Waals surface area contributed by atoms with Crippen molar-refractivity contribution in [3.8, 4) is 0 Å². The molecule has 1 heterocycles. The van der Waals surface area contributed by atoms with Gasteiger partial charge in [0, 0.05) is 18.9 Å². The lowest BCUT2D eigenvalue weighted by Crippen LogP contribution is -2.08. The van der Waals surface area contributed by atoms with Crippen LogP contribution in [0.4, 0.5) is 18.0 Å². The number of rotatable bonds is 8. The minimum atomic E-state index is -4.38. The molecule has 2 aromatic rings. The molecule has 1 aromatic heterocycles. The highest BCUT2D eigenvalue weighted by Crippen LogP contribution is 2.37. The van der Waals surface area contributed by atoms with Crippen molar-refractivity contribution in [2.45, 2.75) is 37.7 Å². The van der Waals surface area contributed by atoms with Crippen molar-refractivity contribution in [3.63, 3.8) is 0 Å². The van der Waals surface area contributed by atoms with Crippen LogP contribution in [0.15, 0.2) is 43.0 Å². The van der Waals surface area contributed by atoms with E-state index in [0.29, 0.717) is 18.7 Å². The molecule has 2 rings (SSSR count). The third kappa shape index (κ3) is 6.69. The number of halogens is 3. The molecule has 1 atom stereocenters. The Kier molecular flexibility index (Phi) is 8.05. The third-order valence-electron chi connectivity index (χ3n) is 3.49. The Labute approximate surface area is 158 Å². The van der Waals surface area contributed by atoms with E-state index in [1.54, 1.807) is 23.3 Å². The van der Waals surface area contributed by atoms with E-state index < -0.39 is 11.7 Å². The minimum absolute atomic E-state index is 0.230. The summed E-state index contributed by atoms with van der Waals surface area (Å²) in [5, 5.41) is -0.346. The molecule has 0 saturated carbocycles. The second-order valence-electron chi connectivity index (χ2n) is 5.49. The minimum Gasteiger partial charge on any atom is -0.336 e. The highest BCUT2D eigenvalue weighted by molar-refractivity contribution is 8.36. The molecule has 0 radical (unpaired) electrons. The van der Waals surface area contributed by atoms with Crippen molar-refractivity contribution in [2.75, 3.05) is 6.61 Å². The van der Waals surface area contributed by atoms with E-state index in [9.17, 15) is 18.0 Å². The van der Waals surface area contributed by atoms with E-state index >= 15 is 0 Å². The fourth-order valence-corrected chi connectivity index (χ4v) is 3.83. The van der Waals surface area contributed by atoms with Crippen LogP contribution in [-0.4, -0.2) is 20.6 Å². The number of thioether (sulfide) groups is 1. The fraction of sp³-hybridized carbons (Fsp3) is 0.412. The van der Waals surface area contributed by atoms with Gasteiger partial charge in [0.15, 0.2) is 0 Å². The first-order valence-electron chi connectivity index (χ1n) is 8.03. The van der Waals surface area contributed by atoms with Crippen LogP contribution in [0.2, 0.25) is 0 Å². The van der Waals surface area contributed by atoms with E-state index in [1.165, 1.54) is 12.1 Å². The van der Waals surface area contributed by atoms with E-state index in [-0.39, 0.29) is 9.70 Å². The number of hydrogen-bond acceptors (Lipinski definition) is 5. The molecular formula is C17H19F3N2O2S2. The summed E-state index contributed by atoms with van der Waals surface area (Å²) in [5.41, 5.74) is -0.0737. The number of unbranched alkanes of at least 4 members (excludes halogenated alkanes) is 1. The Morgan fingerprint density at radius 2 is 2.04 bits per heavy atom. The van der Waals surface area contributed by atoms with Gasteiger partial charge in [-0.15, -0.1) is 0 Å². The highest BCUT2D eigenvalue weighted by atomic mass is 32.2. The fourth-order valence-electron chi connectivity index (χ4n) is 2.11. The molecule has 0 aliphatic rings. The first-order valence-corrected chi connectivity index (χ1v) is 9.65. The third-order valence-corrected chi connectivity index (χ3v) is 5.30. The van der Waals surface area contributed by atoms with Gasteiger partial charge in [-0.3, -0.25) is 4.79 Å². The quantitative estimate of drug-likeness (QED) is 0.401. The maximum atomic E-state index is 12.7. The van der Waals surface area contributed by atoms with Crippen LogP contribution < -0.4 is 0 Å². The van der Waals surface area contributed by atoms with Crippen LogP contribution in [0, 0.1) is 0 Å². The summed E-state index contributed by atoms with van der Waals surface area (Å²) in [4.78, 5) is 16.1. The molecule has 0 aliphatic carbocycles. The van der Waals surface area contributed by atoms with Crippen LogP contribution in [0.1, 0.15) is 36.1 Å². The van der Waals surface area contributed by atoms with Crippen LogP contribution in [0.5, 0.6) is 0 Å². The largest absolute Gasteiger partial charge is 0.416 e. The second-order valence-corrected chi connectivity index (χ2v) is 7.70. The molecule has 142 valence electrons. The van der Waals surface area contributed by atoms with Gasteiger partial charge in [0.2, 0.25) is 0 Å². The zero-order chi connectivity index (χ0) is 19.0. The monoisotopic (exact) mass is 404 g/mol. The molecule has 0 saturated heterocycles. The van der Waals surface area contributed by atoms with Crippen LogP contribution >= 0.6 is 23.8 Å². The van der Waals surface area contributed by atoms with Crippen LogP contribution in [0.25, 0.3) is 0 Å². The van der Waals surface area contributed by atoms with Crippen molar-refractivity contribution >= 4 is 28.3 Å². The number of aromatic nitrogens is 2. The molecule has 0 fully saturated rings. The molecular weight excluding hydrogens is 385 g/mol. The first kappa shape index (κ1) is 20.9. The number of carbonyl (C=O) groups excluding carboxylic acids is 1. The Bertz CT molecular complexity index is 676. The van der Waals surface area contributed by atoms with Gasteiger partial charge in [-0.25, -0.2) is 4.98 Å². The number of imidazole rings is 1. The molecule has 0 N–H and O–H groups in total. The van der Waals surface area contributed by atoms with Gasteiger partial charge in [0.25, 0.3) is 4.45 Å². The highest BCUT2D eigenvalue weighted by Gasteiger charge is 2.30. The molecule has 0 aliphatic heterocycles. The van der Waals surface area contributed by atoms with E-state index in [1.807, 2.05) is 6.92 Å². The number of carbonyl (C=O) groups is 1. The van der Waals surface area contributed by atoms with Gasteiger partial charge < -0.3 is 8.75 Å². The van der Waals surface area contributed by atoms with Crippen molar-refractivity contribution in [1.29, 1.82) is 0 Å². The Morgan fingerprint density at radius 3 is 2.62 bits per heavy atom. The molecule has 4 nitrogen and oxygen atoms in total. The summed E-state index contributed by atoms with van der Waals surface area (Å²) >= 11 is 1.82. The standard InChI is InChI=1S/C17H19F3N2O2S2/c1-2-3-10-24-26-16(23)25-15(11-22-9-8-21-12-22)13-4-6-14(7-5-13)17(18,19)20/h4-9,12,15H,2-3,10-11H2,1H3. The lowest BCUT2D eigenvalue weighted by atomic mass is 10.1. The zero-order valence-corrected chi connectivity index (χ0v) is 15.7. The Balaban J connectivity index is 2.07. The summed E-state index contributed by atoms with van der Waals surface area (Å²) < 4.78 is 45.0. The van der Waals surface area contributed by atoms with Gasteiger partial charge in [0.05, 0.1) is 35.8 Å². The zero-order valence-electron chi connectivity index (χ0n) is 14.1. The van der Waals surface area contributed by atoms with Gasteiger partial charge in [-0.05, 0) is 24.1 Å². The summed E-state index contributed by atoms with van der Waals surface area (Å²) in [6, 6.07) is 4.89. The summed E-state index contributed by atoms with van der Waals surface area (Å²) in [5.74, 6) is 0. The summed E-state index contributed by atoms with van der Waals surface area (Å²) in [7, 11) is 0. The average Bonchev–Trinajstić information content (AvgIpc) is 3.11. The lowest BCUT2D eigenvalue weighted by Gasteiger charge is -2.17. The van der Waals surface area contributed by atoms with E-state index in [4.69, 9.17) is 4.18 Å². The first-order chi connectivity index (χ1) is 12.4. The van der Waals surface area contributed by atoms with Crippen molar-refractivity contribution in [1.82, 2.24) is 9.55 Å². The van der Waals surface area contributed by atoms with Gasteiger partial charge >= 0.3 is 6.18 Å². The van der Waals surface area contributed by atoms with Crippen molar-refractivity contribution < 1.29 is 22.1 Å². The average molecular weight is 404 g/mol. The van der Waals surface area contributed by atoms with Gasteiger partial charge in [-0.1, -0.05) is 37.2 Å². The van der Waals surface area contributed by atoms with Crippen molar-refractivity contribution in [3.05, 3.63) is 54.1 Å². The number of alkyl halides is 3. The molecule has 0 amide bonds. The predicted octanol–water partition coefficient (Wildman–Crippen LogP) is 5.96. The second kappa shape index (κ2) is 10.0. The number of nitrogens with zero attached hydrogens (tertiary/aromatic N) is 2. The number of hydrogen-bond donors (Lipinski definition) is 0. The normalized spacial score (nSPS) is 12.9. The molecule has 0 spiro atoms. The maximum Gasteiger partial charge on any atom is 0.416 e. The Morgan fingerprint density at radius 1 is 1.31 bits per heavy atom. The molecule has 1 aromatic carbocycles. The SMILES string of the molecule is CCCCOSC(=O)SC(Cn1ccnc1)c1ccc(C(F)(F)F)cc1. The Hall–Kier alpha value is -1.45. The van der Waals surface area contributed by atoms with Gasteiger partial charge in [0.1, 0.15) is 0 Å². The molecule has 0 bridgehead atoms. The lowest BCUT2D eigenvalue weighted by molar-refractivity contribution is -0.137. The maximum absolute atomic E-state index is 12.7. The summed E-state index contributed by atoms with van der Waals surface area (Å²) in [6.45, 7) is 2.92. The molecule has 9 heteroatoms. The van der Waals surface area contributed by atoms with E-state index in [2.05, 4.69) is 4.98 Å². The van der Waals surface area contributed by atoms with Crippen LogP contribution in [-0.2, 0) is 16.9 Å². The molecule has 26 heavy (non-hydrogen) atoms. The van der Waals surface area contributed by atoms with Gasteiger partial charge in [-0.2, -0.15) is 13.2 Å². The predicted molar refractivity (Wildman–Crippen MR) is 97.9 cm³/mol. The van der Waals surface area contributed by atoms with Crippen molar-refractivity contribution in [2.24, 2.45) is 0 Å². The smallest absolute Gasteiger partial charge is 0.336 e. The van der Waals surface area contributed by atoms with Crippen LogP contribution in [0.3, 0.4) is 0 Å². The number of benzene rings is 1. The topological polar surface area (TPSA) is 44.1 Å². The van der Waals surface area contributed by atoms with E-state index in [0.717, 1.165) is 48.8 Å². The summed E-state index contributed by atoms with van der Waals surface area (Å²) in [6.07, 6.45) is 2.41.